The summed E-state index contributed by atoms with van der Waals surface area (Å²) in [5.41, 5.74) is 2.69. The number of fused-ring (bicyclic) bond motifs is 1. The number of carbonyl (C=O) groups is 1. The predicted octanol–water partition coefficient (Wildman–Crippen LogP) is 2.21. The Labute approximate surface area is 138 Å². The van der Waals surface area contributed by atoms with Crippen molar-refractivity contribution in [3.05, 3.63) is 75.8 Å². The average molecular weight is 324 g/mol. The van der Waals surface area contributed by atoms with Crippen molar-refractivity contribution >= 4 is 11.6 Å². The molecule has 0 atom stereocenters. The molecule has 0 amide bonds. The number of ether oxygens (including phenoxy) is 1. The minimum absolute atomic E-state index is 0.0252. The van der Waals surface area contributed by atoms with Crippen molar-refractivity contribution < 1.29 is 14.6 Å². The van der Waals surface area contributed by atoms with Gasteiger partial charge in [0, 0.05) is 12.3 Å². The zero-order valence-electron chi connectivity index (χ0n) is 13.1. The highest BCUT2D eigenvalue weighted by Crippen LogP contribution is 2.14. The van der Waals surface area contributed by atoms with Crippen molar-refractivity contribution in [3.8, 4) is 5.75 Å². The molecule has 24 heavy (non-hydrogen) atoms. The fourth-order valence-corrected chi connectivity index (χ4v) is 2.36. The van der Waals surface area contributed by atoms with E-state index in [0.717, 1.165) is 5.56 Å². The molecular formula is C18H16N2O4. The minimum Gasteiger partial charge on any atom is -0.487 e. The van der Waals surface area contributed by atoms with Gasteiger partial charge in [0.05, 0.1) is 12.1 Å². The van der Waals surface area contributed by atoms with Crippen LogP contribution in [0.15, 0.2) is 53.5 Å². The molecule has 2 aromatic heterocycles. The van der Waals surface area contributed by atoms with E-state index in [1.54, 1.807) is 30.5 Å². The second-order valence-corrected chi connectivity index (χ2v) is 5.52. The summed E-state index contributed by atoms with van der Waals surface area (Å²) in [5, 5.41) is 8.75. The summed E-state index contributed by atoms with van der Waals surface area (Å²) < 4.78 is 7.11. The molecule has 6 heteroatoms. The average Bonchev–Trinajstić information content (AvgIpc) is 2.53. The Morgan fingerprint density at radius 3 is 2.67 bits per heavy atom. The first-order chi connectivity index (χ1) is 11.5. The maximum absolute atomic E-state index is 12.1. The monoisotopic (exact) mass is 324 g/mol. The molecule has 1 N–H and O–H groups in total. The molecular weight excluding hydrogens is 308 g/mol. The summed E-state index contributed by atoms with van der Waals surface area (Å²) in [6.45, 7) is 2.10. The number of aryl methyl sites for hydroxylation is 1. The molecule has 6 nitrogen and oxygen atoms in total. The van der Waals surface area contributed by atoms with E-state index in [9.17, 15) is 9.59 Å². The van der Waals surface area contributed by atoms with Crippen molar-refractivity contribution in [1.29, 1.82) is 0 Å². The van der Waals surface area contributed by atoms with Gasteiger partial charge < -0.3 is 9.84 Å². The largest absolute Gasteiger partial charge is 0.487 e. The molecule has 0 fully saturated rings. The third-order valence-electron chi connectivity index (χ3n) is 3.54. The smallest absolute Gasteiger partial charge is 0.307 e. The molecule has 0 unspecified atom stereocenters. The van der Waals surface area contributed by atoms with E-state index >= 15 is 0 Å². The van der Waals surface area contributed by atoms with Crippen molar-refractivity contribution in [1.82, 2.24) is 9.38 Å². The number of nitrogens with zero attached hydrogens (tertiary/aromatic N) is 2. The minimum atomic E-state index is -0.875. The molecule has 0 saturated carbocycles. The second-order valence-electron chi connectivity index (χ2n) is 5.52. The van der Waals surface area contributed by atoms with Crippen LogP contribution in [0.4, 0.5) is 0 Å². The molecule has 0 aliphatic carbocycles. The van der Waals surface area contributed by atoms with Crippen LogP contribution in [0, 0.1) is 6.92 Å². The second kappa shape index (κ2) is 6.54. The van der Waals surface area contributed by atoms with E-state index < -0.39 is 5.97 Å². The van der Waals surface area contributed by atoms with E-state index in [1.807, 2.05) is 19.1 Å². The van der Waals surface area contributed by atoms with Gasteiger partial charge >= 0.3 is 5.97 Å². The van der Waals surface area contributed by atoms with Crippen molar-refractivity contribution in [2.24, 2.45) is 0 Å². The Hall–Kier alpha value is -3.15. The predicted molar refractivity (Wildman–Crippen MR) is 88.3 cm³/mol. The van der Waals surface area contributed by atoms with Crippen molar-refractivity contribution in [3.63, 3.8) is 0 Å². The lowest BCUT2D eigenvalue weighted by molar-refractivity contribution is -0.136. The van der Waals surface area contributed by atoms with Gasteiger partial charge in [-0.1, -0.05) is 12.1 Å². The summed E-state index contributed by atoms with van der Waals surface area (Å²) in [6, 6.07) is 12.0. The topological polar surface area (TPSA) is 80.9 Å². The normalized spacial score (nSPS) is 10.7. The van der Waals surface area contributed by atoms with Gasteiger partial charge in [-0.05, 0) is 42.3 Å². The fourth-order valence-electron chi connectivity index (χ4n) is 2.36. The van der Waals surface area contributed by atoms with Gasteiger partial charge in [0.2, 0.25) is 0 Å². The molecule has 3 rings (SSSR count). The number of aliphatic carboxylic acids is 1. The Bertz CT molecular complexity index is 945. The van der Waals surface area contributed by atoms with Crippen LogP contribution in [-0.2, 0) is 17.8 Å². The summed E-state index contributed by atoms with van der Waals surface area (Å²) in [6.07, 6.45) is 1.68. The van der Waals surface area contributed by atoms with Crippen LogP contribution in [0.3, 0.4) is 0 Å². The maximum atomic E-state index is 12.1. The van der Waals surface area contributed by atoms with E-state index in [2.05, 4.69) is 4.98 Å². The summed E-state index contributed by atoms with van der Waals surface area (Å²) in [4.78, 5) is 27.2. The lowest BCUT2D eigenvalue weighted by atomic mass is 10.1. The van der Waals surface area contributed by atoms with Crippen LogP contribution in [0.25, 0.3) is 5.65 Å². The van der Waals surface area contributed by atoms with Gasteiger partial charge in [-0.2, -0.15) is 0 Å². The van der Waals surface area contributed by atoms with Crippen LogP contribution < -0.4 is 10.3 Å². The van der Waals surface area contributed by atoms with Crippen LogP contribution in [0.5, 0.6) is 5.75 Å². The van der Waals surface area contributed by atoms with E-state index in [-0.39, 0.29) is 18.6 Å². The van der Waals surface area contributed by atoms with Gasteiger partial charge in [-0.15, -0.1) is 0 Å². The maximum Gasteiger partial charge on any atom is 0.307 e. The third kappa shape index (κ3) is 3.60. The first-order valence-corrected chi connectivity index (χ1v) is 7.44. The van der Waals surface area contributed by atoms with E-state index in [0.29, 0.717) is 22.7 Å². The van der Waals surface area contributed by atoms with Gasteiger partial charge in [-0.25, -0.2) is 4.98 Å². The van der Waals surface area contributed by atoms with E-state index in [1.165, 1.54) is 10.5 Å². The molecule has 0 aliphatic heterocycles. The standard InChI is InChI=1S/C18H16N2O4/c1-12-6-7-20-16(8-12)19-14(10-17(20)21)11-24-15-4-2-13(3-5-15)9-18(22)23/h2-8,10H,9,11H2,1H3,(H,22,23). The Morgan fingerprint density at radius 1 is 1.21 bits per heavy atom. The molecule has 0 spiro atoms. The SMILES string of the molecule is Cc1ccn2c(=O)cc(COc3ccc(CC(=O)O)cc3)nc2c1. The lowest BCUT2D eigenvalue weighted by Gasteiger charge is -2.08. The van der Waals surface area contributed by atoms with Crippen LogP contribution in [-0.4, -0.2) is 20.5 Å². The highest BCUT2D eigenvalue weighted by atomic mass is 16.5. The van der Waals surface area contributed by atoms with Crippen LogP contribution >= 0.6 is 0 Å². The highest BCUT2D eigenvalue weighted by Gasteiger charge is 2.05. The Morgan fingerprint density at radius 2 is 1.96 bits per heavy atom. The van der Waals surface area contributed by atoms with Crippen LogP contribution in [0.1, 0.15) is 16.8 Å². The summed E-state index contributed by atoms with van der Waals surface area (Å²) in [7, 11) is 0. The van der Waals surface area contributed by atoms with Gasteiger partial charge in [0.25, 0.3) is 5.56 Å². The fraction of sp³-hybridized carbons (Fsp3) is 0.167. The number of benzene rings is 1. The van der Waals surface area contributed by atoms with Crippen LogP contribution in [0.2, 0.25) is 0 Å². The first kappa shape index (κ1) is 15.7. The van der Waals surface area contributed by atoms with Gasteiger partial charge in [-0.3, -0.25) is 14.0 Å². The highest BCUT2D eigenvalue weighted by molar-refractivity contribution is 5.70. The summed E-state index contributed by atoms with van der Waals surface area (Å²) in [5.74, 6) is -0.282. The number of rotatable bonds is 5. The molecule has 0 bridgehead atoms. The molecule has 1 aromatic carbocycles. The quantitative estimate of drug-likeness (QED) is 0.778. The summed E-state index contributed by atoms with van der Waals surface area (Å²) >= 11 is 0. The van der Waals surface area contributed by atoms with Gasteiger partial charge in [0.15, 0.2) is 0 Å². The van der Waals surface area contributed by atoms with E-state index in [4.69, 9.17) is 9.84 Å². The number of hydrogen-bond acceptors (Lipinski definition) is 4. The number of hydrogen-bond donors (Lipinski definition) is 1. The molecule has 122 valence electrons. The molecule has 2 heterocycles. The Kier molecular flexibility index (Phi) is 4.29. The number of carboxylic acid groups (broad SMARTS) is 1. The number of pyridine rings is 1. The zero-order valence-corrected chi connectivity index (χ0v) is 13.1. The number of carboxylic acids is 1. The molecule has 0 aliphatic rings. The first-order valence-electron chi connectivity index (χ1n) is 7.44. The molecule has 0 radical (unpaired) electrons. The lowest BCUT2D eigenvalue weighted by Crippen LogP contribution is -2.16. The third-order valence-corrected chi connectivity index (χ3v) is 3.54. The Balaban J connectivity index is 1.75. The van der Waals surface area contributed by atoms with Crippen molar-refractivity contribution in [2.45, 2.75) is 20.0 Å². The zero-order chi connectivity index (χ0) is 17.1. The molecule has 3 aromatic rings. The van der Waals surface area contributed by atoms with Gasteiger partial charge in [0.1, 0.15) is 18.0 Å². The number of aromatic nitrogens is 2. The van der Waals surface area contributed by atoms with Crippen molar-refractivity contribution in [2.75, 3.05) is 0 Å². The molecule has 0 saturated heterocycles.